The van der Waals surface area contributed by atoms with Gasteiger partial charge in [-0.3, -0.25) is 14.3 Å². The predicted molar refractivity (Wildman–Crippen MR) is 114 cm³/mol. The molecule has 0 aliphatic rings. The largest absolute Gasteiger partial charge is 0.491 e. The monoisotopic (exact) mass is 417 g/mol. The molecular formula is C20H29N6O4+. The molecular weight excluding hydrogens is 388 g/mol. The number of fused-ring (bicyclic) bond motifs is 1. The summed E-state index contributed by atoms with van der Waals surface area (Å²) in [7, 11) is 5.61. The van der Waals surface area contributed by atoms with Gasteiger partial charge in [0, 0.05) is 7.05 Å². The lowest BCUT2D eigenvalue weighted by molar-refractivity contribution is -0.856. The normalized spacial score (nSPS) is 12.5. The Labute approximate surface area is 173 Å². The van der Waals surface area contributed by atoms with E-state index in [2.05, 4.69) is 15.3 Å². The number of aromatic amines is 1. The van der Waals surface area contributed by atoms with Gasteiger partial charge in [0.25, 0.3) is 5.56 Å². The van der Waals surface area contributed by atoms with Crippen LogP contribution in [-0.4, -0.2) is 64.1 Å². The summed E-state index contributed by atoms with van der Waals surface area (Å²) in [5.41, 5.74) is 0.378. The van der Waals surface area contributed by atoms with Gasteiger partial charge in [-0.05, 0) is 18.6 Å². The Morgan fingerprint density at radius 1 is 1.30 bits per heavy atom. The number of nitrogens with zero attached hydrogens (tertiary/aromatic N) is 3. The number of imidazole rings is 1. The third-order valence-corrected chi connectivity index (χ3v) is 4.83. The van der Waals surface area contributed by atoms with Crippen molar-refractivity contribution in [2.45, 2.75) is 19.6 Å². The molecule has 0 aliphatic heterocycles. The molecule has 0 saturated carbocycles. The number of quaternary nitrogens is 1. The van der Waals surface area contributed by atoms with Crippen molar-refractivity contribution in [2.24, 2.45) is 7.05 Å². The number of H-pyrrole nitrogens is 1. The molecule has 10 nitrogen and oxygen atoms in total. The van der Waals surface area contributed by atoms with Crippen molar-refractivity contribution >= 4 is 17.1 Å². The highest BCUT2D eigenvalue weighted by Crippen LogP contribution is 2.18. The Balaban J connectivity index is 1.88. The number of hydrogen-bond donors (Lipinski definition) is 4. The van der Waals surface area contributed by atoms with E-state index < -0.39 is 17.4 Å². The van der Waals surface area contributed by atoms with Crippen molar-refractivity contribution in [3.63, 3.8) is 0 Å². The zero-order chi connectivity index (χ0) is 21.8. The number of aromatic nitrogens is 4. The van der Waals surface area contributed by atoms with Gasteiger partial charge < -0.3 is 24.6 Å². The molecule has 30 heavy (non-hydrogen) atoms. The third-order valence-electron chi connectivity index (χ3n) is 4.83. The number of aliphatic hydroxyl groups is 1. The van der Waals surface area contributed by atoms with Crippen molar-refractivity contribution in [3.05, 3.63) is 50.7 Å². The molecule has 1 aromatic carbocycles. The molecule has 3 aromatic rings. The Kier molecular flexibility index (Phi) is 6.58. The number of likely N-dealkylation sites (N-methyl/N-ethyl adjacent to an activating group) is 1. The number of benzene rings is 1. The van der Waals surface area contributed by atoms with Crippen LogP contribution in [0.1, 0.15) is 5.56 Å². The topological polar surface area (TPSA) is 119 Å². The van der Waals surface area contributed by atoms with Crippen LogP contribution >= 0.6 is 0 Å². The van der Waals surface area contributed by atoms with Crippen LogP contribution in [0.2, 0.25) is 0 Å². The summed E-state index contributed by atoms with van der Waals surface area (Å²) in [5, 5.41) is 13.8. The number of para-hydroxylation sites is 1. The second-order valence-electron chi connectivity index (χ2n) is 7.65. The van der Waals surface area contributed by atoms with Crippen molar-refractivity contribution < 1.29 is 14.7 Å². The van der Waals surface area contributed by atoms with Crippen LogP contribution < -0.4 is 26.2 Å². The fraction of sp³-hybridized carbons (Fsp3) is 0.450. The van der Waals surface area contributed by atoms with Crippen molar-refractivity contribution in [1.82, 2.24) is 19.1 Å². The minimum atomic E-state index is -0.890. The molecule has 0 radical (unpaired) electrons. The standard InChI is InChI=1S/C20H28N6O4/c1-13-7-5-6-8-15(13)30-12-14(27)11-26-16-17(25(4)20(29)23-18(16)28)22-19(26)21-9-10-24(2)3/h5-8,14,27H,9-12H2,1-4H3,(H,21,22)(H,23,28,29)/p+1/t14-/m1/s1. The summed E-state index contributed by atoms with van der Waals surface area (Å²) in [4.78, 5) is 32.5. The minimum absolute atomic E-state index is 0.0511. The molecule has 10 heteroatoms. The van der Waals surface area contributed by atoms with E-state index in [1.807, 2.05) is 45.3 Å². The average Bonchev–Trinajstić information content (AvgIpc) is 3.04. The quantitative estimate of drug-likeness (QED) is 0.345. The second-order valence-corrected chi connectivity index (χ2v) is 7.65. The molecule has 4 N–H and O–H groups in total. The molecule has 0 amide bonds. The van der Waals surface area contributed by atoms with Crippen molar-refractivity contribution in [3.8, 4) is 5.75 Å². The van der Waals surface area contributed by atoms with Crippen molar-refractivity contribution in [2.75, 3.05) is 39.1 Å². The maximum absolute atomic E-state index is 12.5. The summed E-state index contributed by atoms with van der Waals surface area (Å²) < 4.78 is 8.62. The number of aliphatic hydroxyl groups excluding tert-OH is 1. The second kappa shape index (κ2) is 9.14. The van der Waals surface area contributed by atoms with E-state index in [9.17, 15) is 14.7 Å². The SMILES string of the molecule is Cc1ccccc1OC[C@H](O)Cn1c(NCC[NH+](C)C)nc2c1c(=O)[nH]c(=O)n2C. The van der Waals surface area contributed by atoms with Gasteiger partial charge in [0.2, 0.25) is 5.95 Å². The maximum Gasteiger partial charge on any atom is 0.329 e. The first kappa shape index (κ1) is 21.6. The van der Waals surface area contributed by atoms with Gasteiger partial charge >= 0.3 is 5.69 Å². The fourth-order valence-electron chi connectivity index (χ4n) is 3.14. The molecule has 0 unspecified atom stereocenters. The number of ether oxygens (including phenoxy) is 1. The van der Waals surface area contributed by atoms with Gasteiger partial charge in [0.1, 0.15) is 18.5 Å². The van der Waals surface area contributed by atoms with E-state index in [0.717, 1.165) is 12.1 Å². The fourth-order valence-corrected chi connectivity index (χ4v) is 3.14. The molecule has 0 fully saturated rings. The lowest BCUT2D eigenvalue weighted by atomic mass is 10.2. The number of hydrogen-bond acceptors (Lipinski definition) is 6. The van der Waals surface area contributed by atoms with E-state index >= 15 is 0 Å². The Hall–Kier alpha value is -3.11. The highest BCUT2D eigenvalue weighted by molar-refractivity contribution is 5.74. The van der Waals surface area contributed by atoms with E-state index in [1.165, 1.54) is 9.47 Å². The first-order chi connectivity index (χ1) is 14.3. The molecule has 3 rings (SSSR count). The van der Waals surface area contributed by atoms with Crippen LogP contribution in [0, 0.1) is 6.92 Å². The van der Waals surface area contributed by atoms with E-state index in [1.54, 1.807) is 11.6 Å². The highest BCUT2D eigenvalue weighted by Gasteiger charge is 2.20. The number of aryl methyl sites for hydroxylation is 2. The van der Waals surface area contributed by atoms with Crippen LogP contribution in [0.15, 0.2) is 33.9 Å². The lowest BCUT2D eigenvalue weighted by Crippen LogP contribution is -3.06. The summed E-state index contributed by atoms with van der Waals surface area (Å²) in [6.07, 6.45) is -0.890. The highest BCUT2D eigenvalue weighted by atomic mass is 16.5. The first-order valence-corrected chi connectivity index (χ1v) is 9.87. The Morgan fingerprint density at radius 3 is 2.73 bits per heavy atom. The van der Waals surface area contributed by atoms with Crippen molar-refractivity contribution in [1.29, 1.82) is 0 Å². The van der Waals surface area contributed by atoms with E-state index in [4.69, 9.17) is 4.74 Å². The smallest absolute Gasteiger partial charge is 0.329 e. The molecule has 2 aromatic heterocycles. The Morgan fingerprint density at radius 2 is 2.03 bits per heavy atom. The summed E-state index contributed by atoms with van der Waals surface area (Å²) >= 11 is 0. The van der Waals surface area contributed by atoms with Gasteiger partial charge in [0.05, 0.1) is 33.7 Å². The number of rotatable bonds is 9. The minimum Gasteiger partial charge on any atom is -0.491 e. The zero-order valence-electron chi connectivity index (χ0n) is 17.7. The molecule has 2 heterocycles. The summed E-state index contributed by atoms with van der Waals surface area (Å²) in [6, 6.07) is 7.55. The summed E-state index contributed by atoms with van der Waals surface area (Å²) in [6.45, 7) is 3.51. The molecule has 0 saturated heterocycles. The average molecular weight is 417 g/mol. The Bertz CT molecular complexity index is 1130. The number of nitrogens with one attached hydrogen (secondary N) is 3. The predicted octanol–water partition coefficient (Wildman–Crippen LogP) is -1.27. The lowest BCUT2D eigenvalue weighted by Gasteiger charge is -2.17. The van der Waals surface area contributed by atoms with Gasteiger partial charge in [-0.15, -0.1) is 0 Å². The molecule has 0 spiro atoms. The number of anilines is 1. The van der Waals surface area contributed by atoms with Gasteiger partial charge in [0.15, 0.2) is 11.2 Å². The van der Waals surface area contributed by atoms with Gasteiger partial charge in [-0.1, -0.05) is 18.2 Å². The molecule has 0 aliphatic carbocycles. The van der Waals surface area contributed by atoms with Crippen LogP contribution in [0.3, 0.4) is 0 Å². The van der Waals surface area contributed by atoms with E-state index in [0.29, 0.717) is 18.2 Å². The zero-order valence-corrected chi connectivity index (χ0v) is 17.7. The van der Waals surface area contributed by atoms with E-state index in [-0.39, 0.29) is 24.3 Å². The van der Waals surface area contributed by atoms with Crippen LogP contribution in [0.4, 0.5) is 5.95 Å². The molecule has 0 bridgehead atoms. The first-order valence-electron chi connectivity index (χ1n) is 9.87. The summed E-state index contributed by atoms with van der Waals surface area (Å²) in [5.74, 6) is 1.12. The molecule has 162 valence electrons. The van der Waals surface area contributed by atoms with Crippen LogP contribution in [0.25, 0.3) is 11.2 Å². The van der Waals surface area contributed by atoms with Crippen LogP contribution in [0.5, 0.6) is 5.75 Å². The maximum atomic E-state index is 12.5. The van der Waals surface area contributed by atoms with Gasteiger partial charge in [-0.2, -0.15) is 4.98 Å². The van der Waals surface area contributed by atoms with Gasteiger partial charge in [-0.25, -0.2) is 4.79 Å². The van der Waals surface area contributed by atoms with Crippen LogP contribution in [-0.2, 0) is 13.6 Å². The third kappa shape index (κ3) is 4.71. The molecule has 1 atom stereocenters.